The number of carboxylic acids is 2. The lowest BCUT2D eigenvalue weighted by molar-refractivity contribution is -0.142. The van der Waals surface area contributed by atoms with Crippen molar-refractivity contribution in [3.8, 4) is 0 Å². The number of carbonyl (C=O) groups is 2. The zero-order valence-electron chi connectivity index (χ0n) is 8.49. The van der Waals surface area contributed by atoms with Crippen LogP contribution in [0.4, 0.5) is 0 Å². The fourth-order valence-electron chi connectivity index (χ4n) is 1.06. The predicted molar refractivity (Wildman–Crippen MR) is 51.2 cm³/mol. The Morgan fingerprint density at radius 1 is 1.29 bits per heavy atom. The molecule has 0 amide bonds. The van der Waals surface area contributed by atoms with Gasteiger partial charge in [-0.3, -0.25) is 14.9 Å². The Morgan fingerprint density at radius 2 is 1.86 bits per heavy atom. The van der Waals surface area contributed by atoms with Gasteiger partial charge in [0.05, 0.1) is 0 Å². The molecule has 0 radical (unpaired) electrons. The van der Waals surface area contributed by atoms with E-state index in [2.05, 4.69) is 5.32 Å². The average molecular weight is 203 g/mol. The van der Waals surface area contributed by atoms with Gasteiger partial charge in [-0.05, 0) is 13.3 Å². The third kappa shape index (κ3) is 4.81. The van der Waals surface area contributed by atoms with Gasteiger partial charge in [0.2, 0.25) is 0 Å². The highest BCUT2D eigenvalue weighted by Gasteiger charge is 2.21. The number of carboxylic acid groups (broad SMARTS) is 2. The van der Waals surface area contributed by atoms with Crippen LogP contribution in [0.5, 0.6) is 0 Å². The Bertz CT molecular complexity index is 205. The number of hydrogen-bond donors (Lipinski definition) is 3. The van der Waals surface area contributed by atoms with Gasteiger partial charge in [-0.1, -0.05) is 19.8 Å². The molecule has 0 saturated carbocycles. The zero-order chi connectivity index (χ0) is 11.1. The van der Waals surface area contributed by atoms with Gasteiger partial charge in [-0.25, -0.2) is 0 Å². The summed E-state index contributed by atoms with van der Waals surface area (Å²) < 4.78 is 0. The highest BCUT2D eigenvalue weighted by atomic mass is 16.4. The van der Waals surface area contributed by atoms with Gasteiger partial charge in [-0.2, -0.15) is 0 Å². The molecule has 0 saturated heterocycles. The lowest BCUT2D eigenvalue weighted by atomic mass is 10.1. The van der Waals surface area contributed by atoms with Crippen molar-refractivity contribution in [2.24, 2.45) is 0 Å². The molecule has 0 heterocycles. The van der Waals surface area contributed by atoms with E-state index in [0.29, 0.717) is 6.42 Å². The molecule has 5 nitrogen and oxygen atoms in total. The van der Waals surface area contributed by atoms with Gasteiger partial charge in [0.15, 0.2) is 0 Å². The summed E-state index contributed by atoms with van der Waals surface area (Å²) in [5.74, 6) is -2.03. The van der Waals surface area contributed by atoms with Crippen LogP contribution in [0.1, 0.15) is 33.1 Å². The van der Waals surface area contributed by atoms with Crippen LogP contribution in [0.2, 0.25) is 0 Å². The van der Waals surface area contributed by atoms with E-state index in [1.54, 1.807) is 0 Å². The number of aliphatic carboxylic acids is 2. The Balaban J connectivity index is 4.08. The molecule has 0 aromatic rings. The molecule has 0 aliphatic carbocycles. The largest absolute Gasteiger partial charge is 0.480 e. The van der Waals surface area contributed by atoms with Crippen LogP contribution in [0.15, 0.2) is 0 Å². The van der Waals surface area contributed by atoms with Crippen molar-refractivity contribution in [2.45, 2.75) is 45.2 Å². The second-order valence-corrected chi connectivity index (χ2v) is 3.26. The topological polar surface area (TPSA) is 86.6 Å². The Morgan fingerprint density at radius 3 is 2.21 bits per heavy atom. The molecule has 0 bridgehead atoms. The van der Waals surface area contributed by atoms with Crippen LogP contribution >= 0.6 is 0 Å². The second-order valence-electron chi connectivity index (χ2n) is 3.26. The quantitative estimate of drug-likeness (QED) is 0.566. The van der Waals surface area contributed by atoms with E-state index >= 15 is 0 Å². The number of nitrogens with one attached hydrogen (secondary N) is 1. The Kier molecular flexibility index (Phi) is 5.87. The van der Waals surface area contributed by atoms with Crippen LogP contribution < -0.4 is 5.32 Å². The first kappa shape index (κ1) is 12.9. The standard InChI is InChI=1S/C9H17NO4/c1-3-4-5-7(9(13)14)10-6(2)8(11)12/h6-7,10H,3-5H2,1-2H3,(H,11,12)(H,13,14)/t6-,7+/m1/s1. The molecule has 82 valence electrons. The first-order valence-corrected chi connectivity index (χ1v) is 4.70. The third-order valence-corrected chi connectivity index (χ3v) is 1.97. The Hall–Kier alpha value is -1.10. The number of rotatable bonds is 7. The van der Waals surface area contributed by atoms with E-state index < -0.39 is 24.0 Å². The number of unbranched alkanes of at least 4 members (excludes halogenated alkanes) is 1. The molecule has 14 heavy (non-hydrogen) atoms. The van der Waals surface area contributed by atoms with Crippen LogP contribution in [0, 0.1) is 0 Å². The maximum Gasteiger partial charge on any atom is 0.320 e. The highest BCUT2D eigenvalue weighted by Crippen LogP contribution is 2.02. The molecule has 0 aliphatic rings. The molecular formula is C9H17NO4. The maximum absolute atomic E-state index is 10.7. The summed E-state index contributed by atoms with van der Waals surface area (Å²) in [6, 6.07) is -1.59. The van der Waals surface area contributed by atoms with E-state index in [4.69, 9.17) is 10.2 Å². The van der Waals surface area contributed by atoms with Gasteiger partial charge in [0, 0.05) is 0 Å². The lowest BCUT2D eigenvalue weighted by Crippen LogP contribution is -2.45. The van der Waals surface area contributed by atoms with Gasteiger partial charge in [-0.15, -0.1) is 0 Å². The SMILES string of the molecule is CCCC[C@H](N[C@H](C)C(=O)O)C(=O)O. The Labute approximate surface area is 83.1 Å². The molecule has 2 atom stereocenters. The van der Waals surface area contributed by atoms with Crippen molar-refractivity contribution in [3.05, 3.63) is 0 Å². The smallest absolute Gasteiger partial charge is 0.320 e. The molecule has 0 aromatic heterocycles. The molecule has 0 unspecified atom stereocenters. The highest BCUT2D eigenvalue weighted by molar-refractivity contribution is 5.77. The van der Waals surface area contributed by atoms with Crippen LogP contribution in [-0.2, 0) is 9.59 Å². The summed E-state index contributed by atoms with van der Waals surface area (Å²) >= 11 is 0. The summed E-state index contributed by atoms with van der Waals surface area (Å²) in [6.45, 7) is 3.39. The van der Waals surface area contributed by atoms with Crippen LogP contribution in [0.25, 0.3) is 0 Å². The minimum Gasteiger partial charge on any atom is -0.480 e. The normalized spacial score (nSPS) is 14.7. The zero-order valence-corrected chi connectivity index (χ0v) is 8.49. The third-order valence-electron chi connectivity index (χ3n) is 1.97. The fraction of sp³-hybridized carbons (Fsp3) is 0.778. The van der Waals surface area contributed by atoms with Crippen LogP contribution in [0.3, 0.4) is 0 Å². The van der Waals surface area contributed by atoms with E-state index in [9.17, 15) is 9.59 Å². The molecule has 0 aromatic carbocycles. The van der Waals surface area contributed by atoms with Crippen molar-refractivity contribution in [1.82, 2.24) is 5.32 Å². The average Bonchev–Trinajstić information content (AvgIpc) is 2.10. The summed E-state index contributed by atoms with van der Waals surface area (Å²) in [5, 5.41) is 19.9. The predicted octanol–water partition coefficient (Wildman–Crippen LogP) is 0.692. The van der Waals surface area contributed by atoms with E-state index in [0.717, 1.165) is 12.8 Å². The lowest BCUT2D eigenvalue weighted by Gasteiger charge is -2.16. The molecule has 0 fully saturated rings. The van der Waals surface area contributed by atoms with Gasteiger partial charge in [0.1, 0.15) is 12.1 Å². The maximum atomic E-state index is 10.7. The van der Waals surface area contributed by atoms with Crippen molar-refractivity contribution < 1.29 is 19.8 Å². The van der Waals surface area contributed by atoms with Crippen molar-refractivity contribution >= 4 is 11.9 Å². The van der Waals surface area contributed by atoms with E-state index in [1.165, 1.54) is 6.92 Å². The van der Waals surface area contributed by atoms with Gasteiger partial charge < -0.3 is 10.2 Å². The first-order chi connectivity index (χ1) is 6.49. The minimum absolute atomic E-state index is 0.462. The molecular weight excluding hydrogens is 186 g/mol. The van der Waals surface area contributed by atoms with Crippen molar-refractivity contribution in [2.75, 3.05) is 0 Å². The van der Waals surface area contributed by atoms with Crippen LogP contribution in [-0.4, -0.2) is 34.2 Å². The van der Waals surface area contributed by atoms with Crippen molar-refractivity contribution in [1.29, 1.82) is 0 Å². The number of hydrogen-bond acceptors (Lipinski definition) is 3. The summed E-state index contributed by atoms with van der Waals surface area (Å²) in [6.07, 6.45) is 2.13. The molecule has 0 spiro atoms. The molecule has 0 aliphatic heterocycles. The molecule has 5 heteroatoms. The summed E-state index contributed by atoms with van der Waals surface area (Å²) in [5.41, 5.74) is 0. The van der Waals surface area contributed by atoms with E-state index in [1.807, 2.05) is 6.92 Å². The summed E-state index contributed by atoms with van der Waals surface area (Å²) in [4.78, 5) is 21.2. The van der Waals surface area contributed by atoms with Gasteiger partial charge >= 0.3 is 11.9 Å². The second kappa shape index (κ2) is 6.37. The van der Waals surface area contributed by atoms with Gasteiger partial charge in [0.25, 0.3) is 0 Å². The van der Waals surface area contributed by atoms with E-state index in [-0.39, 0.29) is 0 Å². The fourth-order valence-corrected chi connectivity index (χ4v) is 1.06. The first-order valence-electron chi connectivity index (χ1n) is 4.70. The monoisotopic (exact) mass is 203 g/mol. The molecule has 3 N–H and O–H groups in total. The minimum atomic E-state index is -1.03. The molecule has 0 rings (SSSR count). The van der Waals surface area contributed by atoms with Crippen molar-refractivity contribution in [3.63, 3.8) is 0 Å². The summed E-state index contributed by atoms with van der Waals surface area (Å²) in [7, 11) is 0.